The van der Waals surface area contributed by atoms with Crippen LogP contribution >= 0.6 is 11.6 Å². The van der Waals surface area contributed by atoms with E-state index in [1.807, 2.05) is 178 Å². The Kier molecular flexibility index (Phi) is 17.2. The minimum absolute atomic E-state index is 0.00311. The molecular weight excluding hydrogens is 886 g/mol. The number of nitrogens with one attached hydrogen (secondary N) is 4. The smallest absolute Gasteiger partial charge is 0.408 e. The molecule has 6 aromatic rings. The minimum atomic E-state index is -1.12. The summed E-state index contributed by atoms with van der Waals surface area (Å²) >= 11 is 6.59. The van der Waals surface area contributed by atoms with E-state index in [4.69, 9.17) is 16.3 Å². The van der Waals surface area contributed by atoms with Crippen LogP contribution in [0.1, 0.15) is 66.5 Å². The summed E-state index contributed by atoms with van der Waals surface area (Å²) in [5.74, 6) is -1.76. The molecule has 0 saturated carbocycles. The van der Waals surface area contributed by atoms with Gasteiger partial charge in [0.1, 0.15) is 24.2 Å². The van der Waals surface area contributed by atoms with Crippen molar-refractivity contribution in [2.75, 3.05) is 11.4 Å². The molecule has 6 aromatic carbocycles. The molecule has 1 heterocycles. The highest BCUT2D eigenvalue weighted by Crippen LogP contribution is 2.37. The molecule has 0 spiro atoms. The zero-order chi connectivity index (χ0) is 48.6. The third-order valence-corrected chi connectivity index (χ3v) is 12.4. The number of amides is 5. The quantitative estimate of drug-likeness (QED) is 0.0444. The van der Waals surface area contributed by atoms with Gasteiger partial charge in [0.25, 0.3) is 5.91 Å². The molecule has 5 amide bonds. The van der Waals surface area contributed by atoms with Crippen LogP contribution in [0.5, 0.6) is 0 Å². The lowest BCUT2D eigenvalue weighted by Gasteiger charge is -2.37. The van der Waals surface area contributed by atoms with Crippen molar-refractivity contribution in [1.29, 1.82) is 0 Å². The van der Waals surface area contributed by atoms with Gasteiger partial charge in [-0.15, -0.1) is 0 Å². The van der Waals surface area contributed by atoms with Gasteiger partial charge in [0, 0.05) is 31.5 Å². The van der Waals surface area contributed by atoms with Crippen LogP contribution in [0, 0.1) is 5.92 Å². The maximum Gasteiger partial charge on any atom is 0.408 e. The second-order valence-corrected chi connectivity index (χ2v) is 17.9. The van der Waals surface area contributed by atoms with Gasteiger partial charge in [0.2, 0.25) is 17.7 Å². The first-order valence-corrected chi connectivity index (χ1v) is 23.7. The van der Waals surface area contributed by atoms with Gasteiger partial charge in [-0.25, -0.2) is 4.79 Å². The van der Waals surface area contributed by atoms with Gasteiger partial charge in [-0.3, -0.25) is 19.2 Å². The molecule has 0 saturated heterocycles. The van der Waals surface area contributed by atoms with Gasteiger partial charge in [-0.2, -0.15) is 0 Å². The number of ether oxygens (including phenoxy) is 1. The first-order valence-electron chi connectivity index (χ1n) is 23.4. The third kappa shape index (κ3) is 13.1. The van der Waals surface area contributed by atoms with Crippen molar-refractivity contribution in [3.8, 4) is 0 Å². The first-order chi connectivity index (χ1) is 33.5. The average molecular weight is 945 g/mol. The van der Waals surface area contributed by atoms with Crippen LogP contribution in [0.3, 0.4) is 0 Å². The Hall–Kier alpha value is -7.50. The second-order valence-electron chi connectivity index (χ2n) is 17.5. The number of carbonyl (C=O) groups is 5. The molecule has 69 heavy (non-hydrogen) atoms. The fourth-order valence-corrected chi connectivity index (χ4v) is 8.99. The number of anilines is 1. The minimum Gasteiger partial charge on any atom is -0.445 e. The van der Waals surface area contributed by atoms with E-state index in [-0.39, 0.29) is 50.0 Å². The van der Waals surface area contributed by atoms with Crippen molar-refractivity contribution in [2.24, 2.45) is 5.92 Å². The summed E-state index contributed by atoms with van der Waals surface area (Å²) in [5.41, 5.74) is 4.65. The van der Waals surface area contributed by atoms with Crippen molar-refractivity contribution in [2.45, 2.75) is 76.2 Å². The summed E-state index contributed by atoms with van der Waals surface area (Å²) in [4.78, 5) is 72.0. The number of alkyl carbamates (subject to hydrolysis) is 1. The SMILES string of the molecule is CC(C)C[C@H](NC(=O)OCc1ccccc1)C(=O)N[C@@H](Cc1ccccc1)C(=O)N[C@H](/C=C/C(=O)N1CCc2cccc(Cl)c21)CCC(=O)NC(c1ccccc1)(c1ccccc1)c1ccccc1. The summed E-state index contributed by atoms with van der Waals surface area (Å²) in [6.45, 7) is 4.30. The lowest BCUT2D eigenvalue weighted by Crippen LogP contribution is -2.56. The lowest BCUT2D eigenvalue weighted by atomic mass is 9.77. The molecule has 11 nitrogen and oxygen atoms in total. The van der Waals surface area contributed by atoms with Crippen LogP contribution in [-0.2, 0) is 48.9 Å². The van der Waals surface area contributed by atoms with Crippen LogP contribution in [0.4, 0.5) is 10.5 Å². The van der Waals surface area contributed by atoms with Gasteiger partial charge in [-0.1, -0.05) is 195 Å². The Labute approximate surface area is 409 Å². The normalized spacial score (nSPS) is 13.5. The van der Waals surface area contributed by atoms with Gasteiger partial charge < -0.3 is 30.9 Å². The standard InChI is InChI=1S/C57H58ClN5O6/c1-40(2)37-49(61-56(68)69-39-42-21-10-4-11-22-42)55(67)60-50(38-41-19-8-3-9-20-41)54(66)59-47(32-34-52(65)63-36-35-43-23-18-30-48(58)53(43)63)31-33-51(64)62-57(44-24-12-5-13-25-44,45-26-14-6-15-27-45)46-28-16-7-17-29-46/h3-30,32,34,40,47,49-50H,31,33,35-39H2,1-2H3,(H,59,66)(H,60,67)(H,61,68)(H,62,64)/b34-32+/t47-,49-,50-/m0/s1. The predicted octanol–water partition coefficient (Wildman–Crippen LogP) is 9.23. The molecule has 0 bridgehead atoms. The van der Waals surface area contributed by atoms with E-state index in [9.17, 15) is 24.0 Å². The van der Waals surface area contributed by atoms with E-state index in [2.05, 4.69) is 21.3 Å². The predicted molar refractivity (Wildman–Crippen MR) is 270 cm³/mol. The van der Waals surface area contributed by atoms with E-state index in [0.29, 0.717) is 23.7 Å². The number of para-hydroxylation sites is 1. The summed E-state index contributed by atoms with van der Waals surface area (Å²) < 4.78 is 5.46. The highest BCUT2D eigenvalue weighted by Gasteiger charge is 2.38. The molecule has 0 unspecified atom stereocenters. The molecule has 3 atom stereocenters. The fraction of sp³-hybridized carbons (Fsp3) is 0.246. The van der Waals surface area contributed by atoms with Crippen molar-refractivity contribution in [3.05, 3.63) is 220 Å². The Balaban J connectivity index is 1.15. The molecule has 0 aromatic heterocycles. The number of carbonyl (C=O) groups excluding carboxylic acids is 5. The molecule has 4 N–H and O–H groups in total. The van der Waals surface area contributed by atoms with E-state index in [0.717, 1.165) is 33.4 Å². The van der Waals surface area contributed by atoms with Crippen LogP contribution in [0.2, 0.25) is 5.02 Å². The van der Waals surface area contributed by atoms with E-state index >= 15 is 0 Å². The molecule has 1 aliphatic heterocycles. The maximum absolute atomic E-state index is 14.7. The number of halogens is 1. The van der Waals surface area contributed by atoms with Crippen LogP contribution in [0.15, 0.2) is 182 Å². The summed E-state index contributed by atoms with van der Waals surface area (Å²) in [6, 6.07) is 50.3. The number of rotatable bonds is 20. The Morgan fingerprint density at radius 2 is 1.19 bits per heavy atom. The zero-order valence-electron chi connectivity index (χ0n) is 38.9. The molecule has 0 radical (unpaired) electrons. The Morgan fingerprint density at radius 1 is 0.652 bits per heavy atom. The van der Waals surface area contributed by atoms with E-state index in [1.165, 1.54) is 6.08 Å². The van der Waals surface area contributed by atoms with Gasteiger partial charge in [0.05, 0.1) is 10.7 Å². The highest BCUT2D eigenvalue weighted by molar-refractivity contribution is 6.34. The zero-order valence-corrected chi connectivity index (χ0v) is 39.6. The van der Waals surface area contributed by atoms with E-state index < -0.39 is 41.6 Å². The summed E-state index contributed by atoms with van der Waals surface area (Å²) in [7, 11) is 0. The molecule has 0 fully saturated rings. The molecule has 12 heteroatoms. The summed E-state index contributed by atoms with van der Waals surface area (Å²) in [6.07, 6.45) is 3.27. The Bertz CT molecular complexity index is 2590. The molecule has 354 valence electrons. The second kappa shape index (κ2) is 24.0. The molecule has 0 aliphatic carbocycles. The fourth-order valence-electron chi connectivity index (χ4n) is 8.70. The molecule has 7 rings (SSSR count). The number of hydrogen-bond donors (Lipinski definition) is 4. The average Bonchev–Trinajstić information content (AvgIpc) is 3.82. The topological polar surface area (TPSA) is 146 Å². The number of hydrogen-bond acceptors (Lipinski definition) is 6. The van der Waals surface area contributed by atoms with Crippen molar-refractivity contribution < 1.29 is 28.7 Å². The number of nitrogens with zero attached hydrogens (tertiary/aromatic N) is 1. The van der Waals surface area contributed by atoms with Crippen molar-refractivity contribution in [3.63, 3.8) is 0 Å². The summed E-state index contributed by atoms with van der Waals surface area (Å²) in [5, 5.41) is 12.5. The van der Waals surface area contributed by atoms with Gasteiger partial charge >= 0.3 is 6.09 Å². The third-order valence-electron chi connectivity index (χ3n) is 12.1. The van der Waals surface area contributed by atoms with Gasteiger partial charge in [0.15, 0.2) is 0 Å². The Morgan fingerprint density at radius 3 is 1.75 bits per heavy atom. The first kappa shape index (κ1) is 49.4. The van der Waals surface area contributed by atoms with Crippen LogP contribution in [-0.4, -0.2) is 54.4 Å². The lowest BCUT2D eigenvalue weighted by molar-refractivity contribution is -0.130. The van der Waals surface area contributed by atoms with Gasteiger partial charge in [-0.05, 0) is 64.6 Å². The monoisotopic (exact) mass is 943 g/mol. The van der Waals surface area contributed by atoms with E-state index in [1.54, 1.807) is 17.0 Å². The number of fused-ring (bicyclic) bond motifs is 1. The van der Waals surface area contributed by atoms with Crippen LogP contribution < -0.4 is 26.2 Å². The molecule has 1 aliphatic rings. The van der Waals surface area contributed by atoms with Crippen molar-refractivity contribution in [1.82, 2.24) is 21.3 Å². The maximum atomic E-state index is 14.7. The number of benzene rings is 6. The van der Waals surface area contributed by atoms with Crippen molar-refractivity contribution >= 4 is 47.0 Å². The largest absolute Gasteiger partial charge is 0.445 e. The molecular formula is C57H58ClN5O6. The van der Waals surface area contributed by atoms with Crippen LogP contribution in [0.25, 0.3) is 0 Å². The highest BCUT2D eigenvalue weighted by atomic mass is 35.5.